The first-order chi connectivity index (χ1) is 12.8. The van der Waals surface area contributed by atoms with Gasteiger partial charge in [0, 0.05) is 42.0 Å². The first kappa shape index (κ1) is 16.1. The first-order valence-corrected chi connectivity index (χ1v) is 8.56. The lowest BCUT2D eigenvalue weighted by atomic mass is 9.91. The van der Waals surface area contributed by atoms with E-state index in [0.29, 0.717) is 12.5 Å². The van der Waals surface area contributed by atoms with Crippen LogP contribution in [0, 0.1) is 0 Å². The van der Waals surface area contributed by atoms with Crippen LogP contribution in [-0.4, -0.2) is 28.6 Å². The lowest BCUT2D eigenvalue weighted by molar-refractivity contribution is 0.414. The SMILES string of the molecule is COc1ccc(C(CNc2ncccn2)c2c[nH]c3ccccc23)cc1. The van der Waals surface area contributed by atoms with Crippen LogP contribution < -0.4 is 10.1 Å². The molecule has 5 nitrogen and oxygen atoms in total. The molecule has 0 fully saturated rings. The smallest absolute Gasteiger partial charge is 0.222 e. The maximum absolute atomic E-state index is 5.30. The summed E-state index contributed by atoms with van der Waals surface area (Å²) in [5, 5.41) is 4.58. The average Bonchev–Trinajstić information content (AvgIpc) is 3.13. The van der Waals surface area contributed by atoms with Crippen LogP contribution in [0.1, 0.15) is 17.0 Å². The molecule has 2 N–H and O–H groups in total. The number of aromatic amines is 1. The maximum atomic E-state index is 5.30. The summed E-state index contributed by atoms with van der Waals surface area (Å²) in [6, 6.07) is 18.4. The number of para-hydroxylation sites is 1. The van der Waals surface area contributed by atoms with Crippen molar-refractivity contribution in [1.29, 1.82) is 0 Å². The van der Waals surface area contributed by atoms with E-state index in [9.17, 15) is 0 Å². The molecule has 0 radical (unpaired) electrons. The molecule has 1 unspecified atom stereocenters. The quantitative estimate of drug-likeness (QED) is 0.550. The monoisotopic (exact) mass is 344 g/mol. The van der Waals surface area contributed by atoms with Gasteiger partial charge in [0.05, 0.1) is 7.11 Å². The lowest BCUT2D eigenvalue weighted by Crippen LogP contribution is -2.15. The average molecular weight is 344 g/mol. The second kappa shape index (κ2) is 7.27. The molecule has 0 aliphatic heterocycles. The zero-order valence-electron chi connectivity index (χ0n) is 14.5. The Hall–Kier alpha value is -3.34. The number of ether oxygens (including phenoxy) is 1. The number of nitrogens with zero attached hydrogens (tertiary/aromatic N) is 2. The Morgan fingerprint density at radius 1 is 1.00 bits per heavy atom. The van der Waals surface area contributed by atoms with Gasteiger partial charge in [0.1, 0.15) is 5.75 Å². The van der Waals surface area contributed by atoms with E-state index >= 15 is 0 Å². The number of rotatable bonds is 6. The number of nitrogens with one attached hydrogen (secondary N) is 2. The van der Waals surface area contributed by atoms with Gasteiger partial charge in [-0.3, -0.25) is 0 Å². The number of hydrogen-bond acceptors (Lipinski definition) is 4. The predicted octanol–water partition coefficient (Wildman–Crippen LogP) is 4.21. The number of aromatic nitrogens is 3. The zero-order valence-corrected chi connectivity index (χ0v) is 14.5. The van der Waals surface area contributed by atoms with Crippen molar-refractivity contribution in [2.45, 2.75) is 5.92 Å². The van der Waals surface area contributed by atoms with Crippen molar-refractivity contribution in [2.75, 3.05) is 19.0 Å². The topological polar surface area (TPSA) is 62.8 Å². The van der Waals surface area contributed by atoms with Gasteiger partial charge < -0.3 is 15.0 Å². The van der Waals surface area contributed by atoms with Crippen molar-refractivity contribution in [3.63, 3.8) is 0 Å². The molecule has 0 saturated carbocycles. The van der Waals surface area contributed by atoms with E-state index in [-0.39, 0.29) is 5.92 Å². The Labute approximate surface area is 152 Å². The van der Waals surface area contributed by atoms with Gasteiger partial charge in [0.2, 0.25) is 5.95 Å². The summed E-state index contributed by atoms with van der Waals surface area (Å²) < 4.78 is 5.30. The summed E-state index contributed by atoms with van der Waals surface area (Å²) in [5.41, 5.74) is 3.59. The van der Waals surface area contributed by atoms with Gasteiger partial charge in [-0.25, -0.2) is 9.97 Å². The van der Waals surface area contributed by atoms with Crippen LogP contribution >= 0.6 is 0 Å². The molecule has 26 heavy (non-hydrogen) atoms. The van der Waals surface area contributed by atoms with E-state index in [2.05, 4.69) is 56.8 Å². The van der Waals surface area contributed by atoms with E-state index in [1.165, 1.54) is 16.5 Å². The van der Waals surface area contributed by atoms with Crippen molar-refractivity contribution in [3.05, 3.63) is 84.3 Å². The highest BCUT2D eigenvalue weighted by molar-refractivity contribution is 5.84. The van der Waals surface area contributed by atoms with Crippen molar-refractivity contribution in [3.8, 4) is 5.75 Å². The van der Waals surface area contributed by atoms with Crippen LogP contribution in [-0.2, 0) is 0 Å². The van der Waals surface area contributed by atoms with Gasteiger partial charge in [-0.15, -0.1) is 0 Å². The third-order valence-electron chi connectivity index (χ3n) is 4.54. The summed E-state index contributed by atoms with van der Waals surface area (Å²) >= 11 is 0. The summed E-state index contributed by atoms with van der Waals surface area (Å²) in [7, 11) is 1.68. The molecular formula is C21H20N4O. The van der Waals surface area contributed by atoms with Crippen molar-refractivity contribution in [1.82, 2.24) is 15.0 Å². The van der Waals surface area contributed by atoms with Crippen molar-refractivity contribution < 1.29 is 4.74 Å². The largest absolute Gasteiger partial charge is 0.497 e. The third-order valence-corrected chi connectivity index (χ3v) is 4.54. The van der Waals surface area contributed by atoms with Crippen LogP contribution in [0.3, 0.4) is 0 Å². The van der Waals surface area contributed by atoms with Gasteiger partial charge in [0.25, 0.3) is 0 Å². The molecular weight excluding hydrogens is 324 g/mol. The van der Waals surface area contributed by atoms with E-state index < -0.39 is 0 Å². The molecule has 5 heteroatoms. The lowest BCUT2D eigenvalue weighted by Gasteiger charge is -2.18. The van der Waals surface area contributed by atoms with Crippen LogP contribution in [0.15, 0.2) is 73.2 Å². The van der Waals surface area contributed by atoms with Gasteiger partial charge in [-0.2, -0.15) is 0 Å². The van der Waals surface area contributed by atoms with E-state index in [4.69, 9.17) is 4.74 Å². The van der Waals surface area contributed by atoms with Crippen LogP contribution in [0.5, 0.6) is 5.75 Å². The molecule has 0 amide bonds. The van der Waals surface area contributed by atoms with E-state index in [0.717, 1.165) is 11.3 Å². The van der Waals surface area contributed by atoms with Gasteiger partial charge in [0.15, 0.2) is 0 Å². The fourth-order valence-corrected chi connectivity index (χ4v) is 3.21. The summed E-state index contributed by atoms with van der Waals surface area (Å²) in [4.78, 5) is 11.9. The first-order valence-electron chi connectivity index (χ1n) is 8.56. The standard InChI is InChI=1S/C21H20N4O/c1-26-16-9-7-15(8-10-16)18(13-25-21-22-11-4-12-23-21)19-14-24-20-6-3-2-5-17(19)20/h2-12,14,18,24H,13H2,1H3,(H,22,23,25). The van der Waals surface area contributed by atoms with Gasteiger partial charge >= 0.3 is 0 Å². The van der Waals surface area contributed by atoms with Crippen LogP contribution in [0.4, 0.5) is 5.95 Å². The number of fused-ring (bicyclic) bond motifs is 1. The van der Waals surface area contributed by atoms with Crippen LogP contribution in [0.25, 0.3) is 10.9 Å². The molecule has 1 atom stereocenters. The molecule has 0 aliphatic rings. The third kappa shape index (κ3) is 3.24. The molecule has 2 aromatic heterocycles. The predicted molar refractivity (Wildman–Crippen MR) is 104 cm³/mol. The number of hydrogen-bond donors (Lipinski definition) is 2. The fourth-order valence-electron chi connectivity index (χ4n) is 3.21. The number of benzene rings is 2. The molecule has 4 aromatic rings. The summed E-state index contributed by atoms with van der Waals surface area (Å²) in [5.74, 6) is 1.64. The molecule has 0 spiro atoms. The fraction of sp³-hybridized carbons (Fsp3) is 0.143. The van der Waals surface area contributed by atoms with Crippen molar-refractivity contribution in [2.24, 2.45) is 0 Å². The Balaban J connectivity index is 1.70. The van der Waals surface area contributed by atoms with E-state index in [1.807, 2.05) is 24.3 Å². The summed E-state index contributed by atoms with van der Waals surface area (Å²) in [6.07, 6.45) is 5.57. The highest BCUT2D eigenvalue weighted by atomic mass is 16.5. The molecule has 0 saturated heterocycles. The molecule has 4 rings (SSSR count). The zero-order chi connectivity index (χ0) is 17.8. The molecule has 0 aliphatic carbocycles. The Morgan fingerprint density at radius 3 is 2.54 bits per heavy atom. The number of anilines is 1. The van der Waals surface area contributed by atoms with Gasteiger partial charge in [-0.05, 0) is 35.4 Å². The highest BCUT2D eigenvalue weighted by Gasteiger charge is 2.18. The number of methoxy groups -OCH3 is 1. The minimum atomic E-state index is 0.154. The molecule has 2 aromatic carbocycles. The molecule has 2 heterocycles. The Bertz CT molecular complexity index is 980. The minimum absolute atomic E-state index is 0.154. The van der Waals surface area contributed by atoms with Crippen LogP contribution in [0.2, 0.25) is 0 Å². The normalized spacial score (nSPS) is 12.0. The minimum Gasteiger partial charge on any atom is -0.497 e. The molecule has 0 bridgehead atoms. The van der Waals surface area contributed by atoms with E-state index in [1.54, 1.807) is 19.5 Å². The van der Waals surface area contributed by atoms with Gasteiger partial charge in [-0.1, -0.05) is 30.3 Å². The highest BCUT2D eigenvalue weighted by Crippen LogP contribution is 2.31. The second-order valence-electron chi connectivity index (χ2n) is 6.07. The number of H-pyrrole nitrogens is 1. The Kier molecular flexibility index (Phi) is 4.51. The second-order valence-corrected chi connectivity index (χ2v) is 6.07. The molecule has 130 valence electrons. The summed E-state index contributed by atoms with van der Waals surface area (Å²) in [6.45, 7) is 0.693. The van der Waals surface area contributed by atoms with Crippen molar-refractivity contribution >= 4 is 16.9 Å². The Morgan fingerprint density at radius 2 is 1.77 bits per heavy atom. The maximum Gasteiger partial charge on any atom is 0.222 e.